The first kappa shape index (κ1) is 50.0. The number of aliphatic hydroxyl groups is 1. The zero-order valence-corrected chi connectivity index (χ0v) is 44.1. The van der Waals surface area contributed by atoms with Crippen LogP contribution in [0, 0.1) is 23.7 Å². The Labute approximate surface area is 438 Å². The molecule has 0 radical (unpaired) electrons. The fourth-order valence-corrected chi connectivity index (χ4v) is 14.1. The zero-order valence-electron chi connectivity index (χ0n) is 43.3. The number of nitrogens with zero attached hydrogens (tertiary/aromatic N) is 8. The lowest BCUT2D eigenvalue weighted by molar-refractivity contribution is -0.150. The average molecular weight is 1020 g/mol. The van der Waals surface area contributed by atoms with Crippen LogP contribution in [0.2, 0.25) is 0 Å². The van der Waals surface area contributed by atoms with Crippen molar-refractivity contribution in [3.8, 4) is 27.6 Å². The number of piperidine rings is 1. The van der Waals surface area contributed by atoms with Crippen LogP contribution in [0.1, 0.15) is 114 Å². The third-order valence-corrected chi connectivity index (χ3v) is 18.4. The van der Waals surface area contributed by atoms with E-state index in [2.05, 4.69) is 69.8 Å². The Kier molecular flexibility index (Phi) is 13.4. The maximum absolute atomic E-state index is 14.4. The summed E-state index contributed by atoms with van der Waals surface area (Å²) >= 11 is 1.53. The first-order chi connectivity index (χ1) is 35.5. The van der Waals surface area contributed by atoms with Gasteiger partial charge in [0.1, 0.15) is 17.8 Å². The van der Waals surface area contributed by atoms with Gasteiger partial charge in [-0.1, -0.05) is 51.1 Å². The number of phenolic OH excluding ortho intramolecular Hbond substituents is 1. The van der Waals surface area contributed by atoms with E-state index in [1.165, 1.54) is 27.5 Å². The number of carbonyl (C=O) groups excluding carboxylic acids is 3. The first-order valence-electron chi connectivity index (χ1n) is 26.8. The number of aliphatic hydroxyl groups excluding tert-OH is 1. The number of nitrogens with two attached hydrogens (primary N) is 1. The first-order valence-corrected chi connectivity index (χ1v) is 27.6. The van der Waals surface area contributed by atoms with Gasteiger partial charge < -0.3 is 46.2 Å². The molecule has 3 amide bonds. The number of benzene rings is 2. The smallest absolute Gasteiger partial charge is 0.246 e. The summed E-state index contributed by atoms with van der Waals surface area (Å²) in [5.74, 6) is 0.197. The minimum atomic E-state index is -0.862. The van der Waals surface area contributed by atoms with Crippen molar-refractivity contribution in [2.45, 2.75) is 141 Å². The number of thiazole rings is 1. The summed E-state index contributed by atoms with van der Waals surface area (Å²) < 4.78 is 0. The number of hydrogen-bond donors (Lipinski definition) is 5. The van der Waals surface area contributed by atoms with Gasteiger partial charge in [0.25, 0.3) is 0 Å². The predicted octanol–water partition coefficient (Wildman–Crippen LogP) is 7.22. The largest absolute Gasteiger partial charge is 0.507 e. The summed E-state index contributed by atoms with van der Waals surface area (Å²) in [6.45, 7) is 13.5. The van der Waals surface area contributed by atoms with Gasteiger partial charge in [0.05, 0.1) is 45.3 Å². The fraction of sp³-hybridized carbons (Fsp3) is 0.526. The number of fused-ring (bicyclic) bond motifs is 2. The van der Waals surface area contributed by atoms with Gasteiger partial charge >= 0.3 is 0 Å². The van der Waals surface area contributed by atoms with E-state index in [9.17, 15) is 24.6 Å². The van der Waals surface area contributed by atoms with Crippen LogP contribution >= 0.6 is 11.3 Å². The molecule has 2 unspecified atom stereocenters. The Morgan fingerprint density at radius 3 is 2.20 bits per heavy atom. The molecule has 2 aromatic carbocycles. The van der Waals surface area contributed by atoms with Crippen LogP contribution in [0.15, 0.2) is 78.4 Å². The van der Waals surface area contributed by atoms with Gasteiger partial charge in [0, 0.05) is 67.5 Å². The molecule has 6 N–H and O–H groups in total. The molecule has 2 aliphatic carbocycles. The Hall–Kier alpha value is -6.17. The molecule has 1 spiro atoms. The second kappa shape index (κ2) is 19.8. The molecule has 6 aliphatic rings. The number of amides is 3. The number of carbonyl (C=O) groups is 3. The number of nitrogen functional groups attached to an aromatic ring is 1. The van der Waals surface area contributed by atoms with Gasteiger partial charge in [-0.15, -0.1) is 21.5 Å². The molecule has 4 saturated heterocycles. The second-order valence-corrected chi connectivity index (χ2v) is 24.3. The highest BCUT2D eigenvalue weighted by Crippen LogP contribution is 2.60. The van der Waals surface area contributed by atoms with Crippen molar-refractivity contribution in [2.75, 3.05) is 48.3 Å². The lowest BCUT2D eigenvalue weighted by Crippen LogP contribution is -2.62. The van der Waals surface area contributed by atoms with Crippen molar-refractivity contribution >= 4 is 46.3 Å². The van der Waals surface area contributed by atoms with Gasteiger partial charge in [-0.05, 0) is 143 Å². The molecule has 17 heteroatoms. The maximum atomic E-state index is 14.4. The number of β-amino-alcohol motifs (C(OH)–C–C–N with tert-alkyl or cyclic N) is 1. The Morgan fingerprint density at radius 1 is 0.838 bits per heavy atom. The monoisotopic (exact) mass is 1020 g/mol. The number of para-hydroxylation sites is 1. The molecule has 74 heavy (non-hydrogen) atoms. The lowest BCUT2D eigenvalue weighted by atomic mass is 9.49. The molecule has 5 aromatic rings. The van der Waals surface area contributed by atoms with Crippen LogP contribution in [-0.2, 0) is 14.4 Å². The van der Waals surface area contributed by atoms with Crippen molar-refractivity contribution < 1.29 is 24.6 Å². The number of anilines is 3. The molecule has 6 atom stereocenters. The maximum Gasteiger partial charge on any atom is 0.246 e. The lowest BCUT2D eigenvalue weighted by Gasteiger charge is -2.60. The number of phenols is 1. The molecular weight excluding hydrogens is 951 g/mol. The van der Waals surface area contributed by atoms with Crippen LogP contribution in [0.4, 0.5) is 17.2 Å². The number of pyridine rings is 1. The topological polar surface area (TPSA) is 206 Å². The fourth-order valence-electron chi connectivity index (χ4n) is 13.3. The van der Waals surface area contributed by atoms with E-state index in [0.29, 0.717) is 41.1 Å². The zero-order chi connectivity index (χ0) is 51.6. The number of aromatic hydroxyl groups is 1. The standard InChI is InChI=1S/C57H71N11O5S/c1-33(37-12-17-45(59-28-37)50-34(2)60-32-74-50)61-54(72)48-22-43(69)31-67(48)55(73)51(56(3,4)5)62-53(71)38-24-57(25-38)26-42(27-57)65-20-18-36(19-21-65)35-10-13-39(14-11-35)68-40-15-16-41(68)30-66(29-40)47-23-46(63-64-52(47)58)44-8-6-7-9-49(44)70/h6-14,17,23,28,32-33,36,38,40-43,48,51,69-70H,15-16,18-22,24-27,29-31H2,1-5H3,(H2,58,64)(H,61,72)(H,62,71)/t33-,38?,40?,41?,42?,43+,48-,51+,57?/m0/s1. The summed E-state index contributed by atoms with van der Waals surface area (Å²) in [5, 5.41) is 36.0. The van der Waals surface area contributed by atoms with Gasteiger partial charge in [0.15, 0.2) is 5.82 Å². The van der Waals surface area contributed by atoms with Crippen molar-refractivity contribution in [3.63, 3.8) is 0 Å². The molecule has 7 heterocycles. The van der Waals surface area contributed by atoms with Gasteiger partial charge in [-0.25, -0.2) is 4.98 Å². The molecule has 6 fully saturated rings. The molecular formula is C57H71N11O5S. The van der Waals surface area contributed by atoms with Crippen molar-refractivity contribution in [1.82, 2.24) is 40.6 Å². The van der Waals surface area contributed by atoms with E-state index in [0.717, 1.165) is 105 Å². The highest BCUT2D eigenvalue weighted by Gasteiger charge is 2.57. The van der Waals surface area contributed by atoms with Crippen LogP contribution < -0.4 is 26.2 Å². The van der Waals surface area contributed by atoms with Crippen LogP contribution in [-0.4, -0.2) is 127 Å². The minimum Gasteiger partial charge on any atom is -0.507 e. The molecule has 3 aromatic heterocycles. The Balaban J connectivity index is 0.635. The molecule has 390 valence electrons. The molecule has 2 bridgehead atoms. The third kappa shape index (κ3) is 9.71. The van der Waals surface area contributed by atoms with E-state index in [4.69, 9.17) is 5.73 Å². The van der Waals surface area contributed by atoms with E-state index in [-0.39, 0.29) is 53.8 Å². The van der Waals surface area contributed by atoms with E-state index in [1.807, 2.05) is 65.0 Å². The van der Waals surface area contributed by atoms with Gasteiger partial charge in [-0.3, -0.25) is 19.4 Å². The number of rotatable bonds is 12. The quantitative estimate of drug-likeness (QED) is 0.0838. The molecule has 2 saturated carbocycles. The molecule has 4 aliphatic heterocycles. The third-order valence-electron chi connectivity index (χ3n) is 17.5. The van der Waals surface area contributed by atoms with Crippen LogP contribution in [0.25, 0.3) is 21.8 Å². The summed E-state index contributed by atoms with van der Waals surface area (Å²) in [7, 11) is 0. The van der Waals surface area contributed by atoms with Crippen LogP contribution in [0.3, 0.4) is 0 Å². The summed E-state index contributed by atoms with van der Waals surface area (Å²) in [4.78, 5) is 61.2. The van der Waals surface area contributed by atoms with Crippen molar-refractivity contribution in [1.29, 1.82) is 0 Å². The number of likely N-dealkylation sites (tertiary alicyclic amines) is 2. The number of aryl methyl sites for hydroxylation is 1. The van der Waals surface area contributed by atoms with E-state index < -0.39 is 23.6 Å². The number of piperazine rings is 1. The highest BCUT2D eigenvalue weighted by atomic mass is 32.1. The Morgan fingerprint density at radius 2 is 1.55 bits per heavy atom. The van der Waals surface area contributed by atoms with Gasteiger partial charge in [-0.2, -0.15) is 0 Å². The van der Waals surface area contributed by atoms with Crippen molar-refractivity contribution in [2.24, 2.45) is 16.7 Å². The van der Waals surface area contributed by atoms with Crippen molar-refractivity contribution in [3.05, 3.63) is 95.3 Å². The predicted molar refractivity (Wildman–Crippen MR) is 287 cm³/mol. The average Bonchev–Trinajstić information content (AvgIpc) is 4.06. The van der Waals surface area contributed by atoms with E-state index in [1.54, 1.807) is 23.8 Å². The highest BCUT2D eigenvalue weighted by molar-refractivity contribution is 7.13. The Bertz CT molecular complexity index is 2850. The SMILES string of the molecule is Cc1ncsc1-c1ccc([C@H](C)NC(=O)[C@@H]2C[C@@H](O)CN2C(=O)[C@@H](NC(=O)C2CC3(C2)CC(N2CCC(c4ccc(N5C6CCC5CN(c5cc(-c7ccccc7O)nnc5N)C6)cc4)CC2)C3)C(C)(C)C)cn1. The van der Waals surface area contributed by atoms with E-state index >= 15 is 0 Å². The molecule has 11 rings (SSSR count). The summed E-state index contributed by atoms with van der Waals surface area (Å²) in [5.41, 5.74) is 15.2. The van der Waals surface area contributed by atoms with Crippen LogP contribution in [0.5, 0.6) is 5.75 Å². The van der Waals surface area contributed by atoms with Gasteiger partial charge in [0.2, 0.25) is 17.7 Å². The number of nitrogens with one attached hydrogen (secondary N) is 2. The number of hydrogen-bond acceptors (Lipinski definition) is 14. The summed E-state index contributed by atoms with van der Waals surface area (Å²) in [6.07, 6.45) is 9.46. The minimum absolute atomic E-state index is 0.0321. The summed E-state index contributed by atoms with van der Waals surface area (Å²) in [6, 6.07) is 21.6. The number of aromatic nitrogens is 4. The molecule has 16 nitrogen and oxygen atoms in total. The second-order valence-electron chi connectivity index (χ2n) is 23.5. The normalized spacial score (nSPS) is 26.9.